The molecule has 1 saturated heterocycles. The summed E-state index contributed by atoms with van der Waals surface area (Å²) in [4.78, 5) is 15.2. The fourth-order valence-electron chi connectivity index (χ4n) is 4.03. The number of piperidine rings is 1. The molecule has 1 fully saturated rings. The molecule has 0 bridgehead atoms. The van der Waals surface area contributed by atoms with Gasteiger partial charge in [-0.25, -0.2) is 0 Å². The molecule has 0 spiro atoms. The van der Waals surface area contributed by atoms with Gasteiger partial charge in [0.1, 0.15) is 0 Å². The van der Waals surface area contributed by atoms with Gasteiger partial charge in [0.2, 0.25) is 0 Å². The summed E-state index contributed by atoms with van der Waals surface area (Å²) < 4.78 is 10.7. The van der Waals surface area contributed by atoms with Gasteiger partial charge in [-0.3, -0.25) is 4.79 Å². The van der Waals surface area contributed by atoms with Crippen molar-refractivity contribution in [2.24, 2.45) is 11.8 Å². The fraction of sp³-hybridized carbons (Fsp3) is 0.632. The standard InChI is InChI=1S/C19H27NO3/c1-4-20-7-5-13(6-8-20)9-15-10-14-11-17(22-2)18(23-3)12-16(14)19(15)21/h11-13,15H,4-10H2,1-3H3. The second kappa shape index (κ2) is 6.91. The van der Waals surface area contributed by atoms with E-state index in [4.69, 9.17) is 9.47 Å². The molecule has 1 unspecified atom stereocenters. The van der Waals surface area contributed by atoms with E-state index in [1.807, 2.05) is 12.1 Å². The Bertz CT molecular complexity index is 576. The Balaban J connectivity index is 1.69. The van der Waals surface area contributed by atoms with E-state index in [1.165, 1.54) is 25.9 Å². The van der Waals surface area contributed by atoms with Gasteiger partial charge in [-0.15, -0.1) is 0 Å². The SMILES string of the molecule is CCN1CCC(CC2Cc3cc(OC)c(OC)cc3C2=O)CC1. The minimum absolute atomic E-state index is 0.139. The van der Waals surface area contributed by atoms with Crippen LogP contribution in [0.5, 0.6) is 11.5 Å². The highest BCUT2D eigenvalue weighted by molar-refractivity contribution is 6.02. The maximum absolute atomic E-state index is 12.8. The second-order valence-electron chi connectivity index (χ2n) is 6.74. The molecular formula is C19H27NO3. The van der Waals surface area contributed by atoms with E-state index in [-0.39, 0.29) is 5.92 Å². The van der Waals surface area contributed by atoms with Crippen molar-refractivity contribution in [3.63, 3.8) is 0 Å². The van der Waals surface area contributed by atoms with Gasteiger partial charge >= 0.3 is 0 Å². The van der Waals surface area contributed by atoms with Crippen LogP contribution in [0.2, 0.25) is 0 Å². The lowest BCUT2D eigenvalue weighted by molar-refractivity contribution is 0.0898. The van der Waals surface area contributed by atoms with E-state index < -0.39 is 0 Å². The average molecular weight is 317 g/mol. The molecule has 0 amide bonds. The first-order valence-corrected chi connectivity index (χ1v) is 8.67. The molecule has 0 aromatic heterocycles. The fourth-order valence-corrected chi connectivity index (χ4v) is 4.03. The molecule has 4 heteroatoms. The third kappa shape index (κ3) is 3.23. The van der Waals surface area contributed by atoms with Crippen LogP contribution in [0.3, 0.4) is 0 Å². The molecule has 1 aromatic carbocycles. The number of carbonyl (C=O) groups is 1. The molecule has 1 heterocycles. The van der Waals surface area contributed by atoms with Crippen LogP contribution in [0, 0.1) is 11.8 Å². The Labute approximate surface area is 138 Å². The van der Waals surface area contributed by atoms with E-state index in [0.717, 1.165) is 36.3 Å². The van der Waals surface area contributed by atoms with Gasteiger partial charge in [0.05, 0.1) is 14.2 Å². The van der Waals surface area contributed by atoms with E-state index in [0.29, 0.717) is 17.5 Å². The number of likely N-dealkylation sites (tertiary alicyclic amines) is 1. The van der Waals surface area contributed by atoms with Crippen molar-refractivity contribution < 1.29 is 14.3 Å². The zero-order chi connectivity index (χ0) is 16.4. The minimum Gasteiger partial charge on any atom is -0.493 e. The molecule has 1 atom stereocenters. The van der Waals surface area contributed by atoms with E-state index in [9.17, 15) is 4.79 Å². The van der Waals surface area contributed by atoms with Crippen molar-refractivity contribution in [2.75, 3.05) is 33.9 Å². The maximum Gasteiger partial charge on any atom is 0.166 e. The molecule has 2 aliphatic rings. The first-order valence-electron chi connectivity index (χ1n) is 8.67. The summed E-state index contributed by atoms with van der Waals surface area (Å²) in [5, 5.41) is 0. The number of ether oxygens (including phenoxy) is 2. The number of hydrogen-bond acceptors (Lipinski definition) is 4. The van der Waals surface area contributed by atoms with E-state index >= 15 is 0 Å². The highest BCUT2D eigenvalue weighted by Crippen LogP contribution is 2.39. The molecular weight excluding hydrogens is 290 g/mol. The summed E-state index contributed by atoms with van der Waals surface area (Å²) >= 11 is 0. The number of nitrogens with zero attached hydrogens (tertiary/aromatic N) is 1. The Kier molecular flexibility index (Phi) is 4.90. The third-order valence-electron chi connectivity index (χ3n) is 5.48. The predicted molar refractivity (Wildman–Crippen MR) is 90.5 cm³/mol. The third-order valence-corrected chi connectivity index (χ3v) is 5.48. The Morgan fingerprint density at radius 1 is 1.13 bits per heavy atom. The number of rotatable bonds is 5. The summed E-state index contributed by atoms with van der Waals surface area (Å²) in [5.41, 5.74) is 1.95. The molecule has 23 heavy (non-hydrogen) atoms. The first-order chi connectivity index (χ1) is 11.2. The Morgan fingerprint density at radius 3 is 2.39 bits per heavy atom. The van der Waals surface area contributed by atoms with Gasteiger partial charge in [0.25, 0.3) is 0 Å². The van der Waals surface area contributed by atoms with Crippen molar-refractivity contribution in [2.45, 2.75) is 32.6 Å². The zero-order valence-electron chi connectivity index (χ0n) is 14.4. The van der Waals surface area contributed by atoms with Crippen LogP contribution in [0.25, 0.3) is 0 Å². The van der Waals surface area contributed by atoms with Gasteiger partial charge in [0, 0.05) is 11.5 Å². The molecule has 3 rings (SSSR count). The molecule has 1 aromatic rings. The Hall–Kier alpha value is -1.55. The molecule has 0 radical (unpaired) electrons. The summed E-state index contributed by atoms with van der Waals surface area (Å²) in [7, 11) is 3.25. The molecule has 1 aliphatic carbocycles. The van der Waals surface area contributed by atoms with Gasteiger partial charge in [-0.2, -0.15) is 0 Å². The van der Waals surface area contributed by atoms with Crippen molar-refractivity contribution >= 4 is 5.78 Å². The van der Waals surface area contributed by atoms with Crippen LogP contribution in [-0.4, -0.2) is 44.5 Å². The molecule has 126 valence electrons. The van der Waals surface area contributed by atoms with Crippen LogP contribution < -0.4 is 9.47 Å². The number of benzene rings is 1. The monoisotopic (exact) mass is 317 g/mol. The lowest BCUT2D eigenvalue weighted by atomic mass is 9.85. The van der Waals surface area contributed by atoms with Crippen molar-refractivity contribution in [3.05, 3.63) is 23.3 Å². The number of carbonyl (C=O) groups excluding carboxylic acids is 1. The minimum atomic E-state index is 0.139. The number of methoxy groups -OCH3 is 2. The van der Waals surface area contributed by atoms with Crippen LogP contribution in [0.4, 0.5) is 0 Å². The van der Waals surface area contributed by atoms with E-state index in [1.54, 1.807) is 14.2 Å². The first kappa shape index (κ1) is 16.3. The Morgan fingerprint density at radius 2 is 1.78 bits per heavy atom. The predicted octanol–water partition coefficient (Wildman–Crippen LogP) is 3.18. The highest BCUT2D eigenvalue weighted by atomic mass is 16.5. The normalized spacial score (nSPS) is 22.2. The van der Waals surface area contributed by atoms with Crippen molar-refractivity contribution in [3.8, 4) is 11.5 Å². The van der Waals surface area contributed by atoms with Crippen LogP contribution in [0.1, 0.15) is 42.1 Å². The van der Waals surface area contributed by atoms with Crippen LogP contribution in [0.15, 0.2) is 12.1 Å². The lowest BCUT2D eigenvalue weighted by Gasteiger charge is -2.32. The summed E-state index contributed by atoms with van der Waals surface area (Å²) in [6.45, 7) is 5.71. The summed E-state index contributed by atoms with van der Waals surface area (Å²) in [5.74, 6) is 2.48. The highest BCUT2D eigenvalue weighted by Gasteiger charge is 2.34. The second-order valence-corrected chi connectivity index (χ2v) is 6.74. The van der Waals surface area contributed by atoms with Gasteiger partial charge in [-0.05, 0) is 68.9 Å². The summed E-state index contributed by atoms with van der Waals surface area (Å²) in [6.07, 6.45) is 4.32. The lowest BCUT2D eigenvalue weighted by Crippen LogP contribution is -2.34. The number of Topliss-reactive ketones (excluding diaryl/α,β-unsaturated/α-hetero) is 1. The quantitative estimate of drug-likeness (QED) is 0.836. The molecule has 4 nitrogen and oxygen atoms in total. The summed E-state index contributed by atoms with van der Waals surface area (Å²) in [6, 6.07) is 3.84. The smallest absolute Gasteiger partial charge is 0.166 e. The van der Waals surface area contributed by atoms with E-state index in [2.05, 4.69) is 11.8 Å². The molecule has 0 saturated carbocycles. The molecule has 1 aliphatic heterocycles. The van der Waals surface area contributed by atoms with Crippen molar-refractivity contribution in [1.82, 2.24) is 4.90 Å². The maximum atomic E-state index is 12.8. The topological polar surface area (TPSA) is 38.8 Å². The number of hydrogen-bond donors (Lipinski definition) is 0. The van der Waals surface area contributed by atoms with Gasteiger partial charge in [-0.1, -0.05) is 6.92 Å². The van der Waals surface area contributed by atoms with Gasteiger partial charge in [0.15, 0.2) is 17.3 Å². The number of fused-ring (bicyclic) bond motifs is 1. The average Bonchev–Trinajstić information content (AvgIpc) is 2.89. The van der Waals surface area contributed by atoms with Crippen molar-refractivity contribution in [1.29, 1.82) is 0 Å². The zero-order valence-corrected chi connectivity index (χ0v) is 14.4. The largest absolute Gasteiger partial charge is 0.493 e. The van der Waals surface area contributed by atoms with Gasteiger partial charge < -0.3 is 14.4 Å². The van der Waals surface area contributed by atoms with Crippen LogP contribution >= 0.6 is 0 Å². The van der Waals surface area contributed by atoms with Crippen LogP contribution in [-0.2, 0) is 6.42 Å². The number of ketones is 1. The molecule has 0 N–H and O–H groups in total.